The number of primary amides is 1. The molecule has 1 aliphatic heterocycles. The van der Waals surface area contributed by atoms with Gasteiger partial charge in [-0.05, 0) is 79.8 Å². The molecule has 0 aliphatic carbocycles. The minimum atomic E-state index is -3.18. The van der Waals surface area contributed by atoms with Crippen LogP contribution in [0.5, 0.6) is 0 Å². The average Bonchev–Trinajstić information content (AvgIpc) is 3.30. The number of benzene rings is 1. The highest BCUT2D eigenvalue weighted by Crippen LogP contribution is 2.37. The molecule has 0 unspecified atom stereocenters. The Labute approximate surface area is 206 Å². The van der Waals surface area contributed by atoms with Crippen LogP contribution in [0.2, 0.25) is 0 Å². The van der Waals surface area contributed by atoms with Crippen LogP contribution in [0.3, 0.4) is 0 Å². The third-order valence-corrected chi connectivity index (χ3v) is 8.81. The number of carbonyl (C=O) groups excluding carboxylic acids is 1. The summed E-state index contributed by atoms with van der Waals surface area (Å²) in [6.45, 7) is 3.43. The molecule has 2 aromatic heterocycles. The number of aromatic nitrogens is 2. The van der Waals surface area contributed by atoms with Crippen molar-refractivity contribution in [3.8, 4) is 11.1 Å². The molecule has 1 amide bonds. The number of sulfonamides is 1. The SMILES string of the molecule is CCS(=O)(=O)N1CCC(c2c[nH]c3c(C(N)=O)cc(-c4cncc(CCCCOC)c4)cc23)CC1. The van der Waals surface area contributed by atoms with Gasteiger partial charge in [0.15, 0.2) is 0 Å². The van der Waals surface area contributed by atoms with Crippen molar-refractivity contribution in [3.05, 3.63) is 53.5 Å². The van der Waals surface area contributed by atoms with Gasteiger partial charge in [-0.15, -0.1) is 0 Å². The van der Waals surface area contributed by atoms with E-state index in [0.29, 0.717) is 18.7 Å². The van der Waals surface area contributed by atoms with Crippen molar-refractivity contribution >= 4 is 26.8 Å². The topological polar surface area (TPSA) is 118 Å². The molecule has 0 spiro atoms. The number of nitrogens with two attached hydrogens (primary N) is 1. The maximum Gasteiger partial charge on any atom is 0.250 e. The van der Waals surface area contributed by atoms with Crippen molar-refractivity contribution in [1.82, 2.24) is 14.3 Å². The number of aryl methyl sites for hydroxylation is 1. The number of hydrogen-bond acceptors (Lipinski definition) is 5. The molecule has 1 saturated heterocycles. The van der Waals surface area contributed by atoms with Crippen LogP contribution in [0.1, 0.15) is 60.0 Å². The van der Waals surface area contributed by atoms with Gasteiger partial charge in [-0.1, -0.05) is 0 Å². The van der Waals surface area contributed by atoms with Gasteiger partial charge in [-0.2, -0.15) is 0 Å². The van der Waals surface area contributed by atoms with Crippen LogP contribution in [0.15, 0.2) is 36.8 Å². The molecule has 3 N–H and O–H groups in total. The minimum absolute atomic E-state index is 0.121. The Bertz CT molecular complexity index is 1290. The van der Waals surface area contributed by atoms with E-state index in [1.807, 2.05) is 24.7 Å². The molecule has 3 heterocycles. The molecule has 0 saturated carbocycles. The Hall–Kier alpha value is -2.75. The van der Waals surface area contributed by atoms with Gasteiger partial charge >= 0.3 is 0 Å². The average molecular weight is 499 g/mol. The Morgan fingerprint density at radius 3 is 2.63 bits per heavy atom. The fraction of sp³-hybridized carbons (Fsp3) is 0.462. The van der Waals surface area contributed by atoms with E-state index in [1.165, 1.54) is 0 Å². The summed E-state index contributed by atoms with van der Waals surface area (Å²) >= 11 is 0. The van der Waals surface area contributed by atoms with Crippen molar-refractivity contribution in [1.29, 1.82) is 0 Å². The standard InChI is InChI=1S/C26H34N4O4S/c1-3-35(32,33)30-9-7-19(8-10-30)24-17-29-25-22(24)13-20(14-23(25)26(27)31)21-12-18(15-28-16-21)6-4-5-11-34-2/h12-17,19,29H,3-11H2,1-2H3,(H2,27,31). The first-order valence-electron chi connectivity index (χ1n) is 12.2. The van der Waals surface area contributed by atoms with E-state index in [9.17, 15) is 13.2 Å². The number of rotatable bonds is 10. The highest BCUT2D eigenvalue weighted by Gasteiger charge is 2.29. The number of hydrogen-bond donors (Lipinski definition) is 2. The van der Waals surface area contributed by atoms with Crippen LogP contribution < -0.4 is 5.73 Å². The van der Waals surface area contributed by atoms with Gasteiger partial charge in [0.25, 0.3) is 5.91 Å². The summed E-state index contributed by atoms with van der Waals surface area (Å²) in [6.07, 6.45) is 10.0. The Balaban J connectivity index is 1.65. The van der Waals surface area contributed by atoms with Crippen molar-refractivity contribution in [3.63, 3.8) is 0 Å². The third-order valence-electron chi connectivity index (χ3n) is 6.93. The first-order chi connectivity index (χ1) is 16.8. The second-order valence-corrected chi connectivity index (χ2v) is 11.4. The lowest BCUT2D eigenvalue weighted by molar-refractivity contribution is 0.100. The number of piperidine rings is 1. The predicted octanol–water partition coefficient (Wildman–Crippen LogP) is 3.83. The predicted molar refractivity (Wildman–Crippen MR) is 138 cm³/mol. The Morgan fingerprint density at radius 1 is 1.17 bits per heavy atom. The highest BCUT2D eigenvalue weighted by molar-refractivity contribution is 7.89. The Morgan fingerprint density at radius 2 is 1.94 bits per heavy atom. The molecule has 8 nitrogen and oxygen atoms in total. The molecule has 1 aliphatic rings. The summed E-state index contributed by atoms with van der Waals surface area (Å²) in [5.41, 5.74) is 11.0. The monoisotopic (exact) mass is 498 g/mol. The number of methoxy groups -OCH3 is 1. The molecule has 1 aromatic carbocycles. The zero-order valence-electron chi connectivity index (χ0n) is 20.4. The van der Waals surface area contributed by atoms with E-state index < -0.39 is 15.9 Å². The second kappa shape index (κ2) is 10.9. The number of aromatic amines is 1. The normalized spacial score (nSPS) is 15.6. The van der Waals surface area contributed by atoms with Crippen LogP contribution in [0.25, 0.3) is 22.0 Å². The van der Waals surface area contributed by atoms with Gasteiger partial charge in [-0.25, -0.2) is 12.7 Å². The van der Waals surface area contributed by atoms with Crippen LogP contribution in [-0.2, 0) is 21.2 Å². The highest BCUT2D eigenvalue weighted by atomic mass is 32.2. The van der Waals surface area contributed by atoms with Gasteiger partial charge in [0.2, 0.25) is 10.0 Å². The van der Waals surface area contributed by atoms with Crippen LogP contribution in [-0.4, -0.2) is 61.2 Å². The molecule has 0 radical (unpaired) electrons. The van der Waals surface area contributed by atoms with E-state index in [2.05, 4.69) is 22.1 Å². The van der Waals surface area contributed by atoms with E-state index in [0.717, 1.165) is 71.9 Å². The summed E-state index contributed by atoms with van der Waals surface area (Å²) in [6, 6.07) is 6.04. The van der Waals surface area contributed by atoms with Crippen LogP contribution in [0, 0.1) is 0 Å². The third kappa shape index (κ3) is 5.58. The first kappa shape index (κ1) is 25.3. The van der Waals surface area contributed by atoms with Gasteiger partial charge in [0, 0.05) is 56.3 Å². The number of H-pyrrole nitrogens is 1. The summed E-state index contributed by atoms with van der Waals surface area (Å²) in [4.78, 5) is 20.0. The van der Waals surface area contributed by atoms with Gasteiger partial charge in [0.05, 0.1) is 16.8 Å². The van der Waals surface area contributed by atoms with E-state index in [4.69, 9.17) is 10.5 Å². The van der Waals surface area contributed by atoms with Crippen LogP contribution in [0.4, 0.5) is 0 Å². The van der Waals surface area contributed by atoms with Gasteiger partial charge in [0.1, 0.15) is 0 Å². The number of nitrogens with one attached hydrogen (secondary N) is 1. The van der Waals surface area contributed by atoms with Crippen molar-refractivity contribution in [2.45, 2.75) is 44.9 Å². The zero-order valence-corrected chi connectivity index (χ0v) is 21.2. The number of carbonyl (C=O) groups is 1. The molecule has 0 bridgehead atoms. The number of ether oxygens (including phenoxy) is 1. The molecular formula is C26H34N4O4S. The molecule has 0 atom stereocenters. The quantitative estimate of drug-likeness (QED) is 0.412. The number of amides is 1. The Kier molecular flexibility index (Phi) is 7.88. The van der Waals surface area contributed by atoms with E-state index >= 15 is 0 Å². The van der Waals surface area contributed by atoms with E-state index in [-0.39, 0.29) is 11.7 Å². The lowest BCUT2D eigenvalue weighted by Gasteiger charge is -2.31. The molecule has 1 fully saturated rings. The fourth-order valence-corrected chi connectivity index (χ4v) is 6.07. The number of nitrogens with zero attached hydrogens (tertiary/aromatic N) is 2. The smallest absolute Gasteiger partial charge is 0.250 e. The van der Waals surface area contributed by atoms with Gasteiger partial charge < -0.3 is 15.5 Å². The molecule has 9 heteroatoms. The number of unbranched alkanes of at least 4 members (excludes halogenated alkanes) is 1. The molecule has 3 aromatic rings. The summed E-state index contributed by atoms with van der Waals surface area (Å²) in [5, 5.41) is 0.957. The first-order valence-corrected chi connectivity index (χ1v) is 13.8. The summed E-state index contributed by atoms with van der Waals surface area (Å²) in [7, 11) is -1.47. The molecule has 4 rings (SSSR count). The second-order valence-electron chi connectivity index (χ2n) is 9.16. The molecule has 35 heavy (non-hydrogen) atoms. The minimum Gasteiger partial charge on any atom is -0.385 e. The maximum atomic E-state index is 12.3. The van der Waals surface area contributed by atoms with E-state index in [1.54, 1.807) is 18.3 Å². The van der Waals surface area contributed by atoms with Crippen molar-refractivity contribution in [2.75, 3.05) is 32.6 Å². The number of fused-ring (bicyclic) bond motifs is 1. The summed E-state index contributed by atoms with van der Waals surface area (Å²) < 4.78 is 31.2. The lowest BCUT2D eigenvalue weighted by atomic mass is 9.88. The number of pyridine rings is 1. The molecule has 188 valence electrons. The fourth-order valence-electron chi connectivity index (χ4n) is 4.94. The van der Waals surface area contributed by atoms with Crippen LogP contribution >= 0.6 is 0 Å². The maximum absolute atomic E-state index is 12.3. The largest absolute Gasteiger partial charge is 0.385 e. The zero-order chi connectivity index (χ0) is 25.0. The lowest BCUT2D eigenvalue weighted by Crippen LogP contribution is -2.38. The molecular weight excluding hydrogens is 464 g/mol. The van der Waals surface area contributed by atoms with Crippen molar-refractivity contribution < 1.29 is 17.9 Å². The van der Waals surface area contributed by atoms with Gasteiger partial charge in [-0.3, -0.25) is 9.78 Å². The van der Waals surface area contributed by atoms with Crippen molar-refractivity contribution in [2.24, 2.45) is 5.73 Å². The summed E-state index contributed by atoms with van der Waals surface area (Å²) in [5.74, 6) is -0.165.